The second kappa shape index (κ2) is 2.81. The Morgan fingerprint density at radius 3 is 1.64 bits per heavy atom. The molecule has 0 fully saturated rings. The third kappa shape index (κ3) is 1.38. The van der Waals surface area contributed by atoms with Crippen LogP contribution in [0.5, 0.6) is 0 Å². The van der Waals surface area contributed by atoms with Crippen molar-refractivity contribution in [2.75, 3.05) is 0 Å². The van der Waals surface area contributed by atoms with Gasteiger partial charge in [0.15, 0.2) is 23.3 Å². The Kier molecular flexibility index (Phi) is 2.17. The van der Waals surface area contributed by atoms with Gasteiger partial charge in [-0.25, -0.2) is 17.6 Å². The van der Waals surface area contributed by atoms with Crippen molar-refractivity contribution in [1.82, 2.24) is 0 Å². The number of halogens is 5. The molecular weight excluding hydrogens is 228 g/mol. The van der Waals surface area contributed by atoms with Gasteiger partial charge >= 0.3 is 0 Å². The molecule has 1 rings (SSSR count). The molecule has 1 radical (unpaired) electrons. The van der Waals surface area contributed by atoms with E-state index in [1.165, 1.54) is 6.07 Å². The minimum atomic E-state index is -1.55. The molecule has 0 saturated heterocycles. The molecule has 0 spiro atoms. The Labute approximate surface area is 68.0 Å². The second-order valence-corrected chi connectivity index (χ2v) is 2.49. The van der Waals surface area contributed by atoms with E-state index in [0.717, 1.165) is 0 Å². The molecule has 0 unspecified atom stereocenters. The lowest BCUT2D eigenvalue weighted by atomic mass is 10.3. The van der Waals surface area contributed by atoms with Gasteiger partial charge in [0.2, 0.25) is 0 Å². The summed E-state index contributed by atoms with van der Waals surface area (Å²) in [4.78, 5) is 0. The Balaban J connectivity index is 3.46. The fraction of sp³-hybridized carbons (Fsp3) is 0. The number of hydrogen-bond donors (Lipinski definition) is 0. The Bertz CT molecular complexity index is 271. The molecule has 0 nitrogen and oxygen atoms in total. The first-order chi connectivity index (χ1) is 5.04. The number of hydrogen-bond acceptors (Lipinski definition) is 0. The lowest BCUT2D eigenvalue weighted by Crippen LogP contribution is -1.94. The quantitative estimate of drug-likeness (QED) is 0.364. The summed E-state index contributed by atoms with van der Waals surface area (Å²) in [7, 11) is 0. The van der Waals surface area contributed by atoms with Gasteiger partial charge in [-0.05, 0) is 15.9 Å². The Morgan fingerprint density at radius 1 is 0.909 bits per heavy atom. The van der Waals surface area contributed by atoms with Gasteiger partial charge in [-0.2, -0.15) is 0 Å². The summed E-state index contributed by atoms with van der Waals surface area (Å²) >= 11 is 2.33. The summed E-state index contributed by atoms with van der Waals surface area (Å²) in [6, 6.07) is 1.23. The van der Waals surface area contributed by atoms with E-state index in [4.69, 9.17) is 0 Å². The smallest absolute Gasteiger partial charge is 0.176 e. The third-order valence-corrected chi connectivity index (χ3v) is 1.69. The largest absolute Gasteiger partial charge is 0.203 e. The number of rotatable bonds is 0. The van der Waals surface area contributed by atoms with Crippen LogP contribution in [0.15, 0.2) is 4.47 Å². The summed E-state index contributed by atoms with van der Waals surface area (Å²) in [5.41, 5.74) is 0. The van der Waals surface area contributed by atoms with Gasteiger partial charge in [-0.3, -0.25) is 0 Å². The van der Waals surface area contributed by atoms with Crippen molar-refractivity contribution in [1.29, 1.82) is 0 Å². The van der Waals surface area contributed by atoms with Crippen molar-refractivity contribution in [2.45, 2.75) is 0 Å². The molecule has 0 saturated carbocycles. The van der Waals surface area contributed by atoms with Crippen LogP contribution in [-0.4, -0.2) is 0 Å². The van der Waals surface area contributed by atoms with Crippen molar-refractivity contribution in [2.24, 2.45) is 0 Å². The van der Waals surface area contributed by atoms with Crippen LogP contribution in [0.3, 0.4) is 0 Å². The van der Waals surface area contributed by atoms with E-state index >= 15 is 0 Å². The fourth-order valence-electron chi connectivity index (χ4n) is 0.495. The zero-order valence-corrected chi connectivity index (χ0v) is 6.48. The van der Waals surface area contributed by atoms with Gasteiger partial charge in [-0.15, -0.1) is 0 Å². The Hall–Kier alpha value is -0.580. The van der Waals surface area contributed by atoms with Crippen LogP contribution < -0.4 is 0 Å². The van der Waals surface area contributed by atoms with Crippen molar-refractivity contribution < 1.29 is 17.6 Å². The molecule has 0 aromatic heterocycles. The van der Waals surface area contributed by atoms with E-state index in [1.54, 1.807) is 0 Å². The summed E-state index contributed by atoms with van der Waals surface area (Å²) in [6.07, 6.45) is 0. The highest BCUT2D eigenvalue weighted by Gasteiger charge is 2.16. The SMILES string of the molecule is Fc1[c]c(F)c(F)c(Br)c1F. The Morgan fingerprint density at radius 2 is 1.27 bits per heavy atom. The van der Waals surface area contributed by atoms with Crippen molar-refractivity contribution in [3.05, 3.63) is 33.8 Å². The predicted molar refractivity (Wildman–Crippen MR) is 32.8 cm³/mol. The van der Waals surface area contributed by atoms with E-state index in [1.807, 2.05) is 0 Å². The van der Waals surface area contributed by atoms with Crippen LogP contribution in [0.4, 0.5) is 17.6 Å². The van der Waals surface area contributed by atoms with Crippen LogP contribution in [0.2, 0.25) is 0 Å². The second-order valence-electron chi connectivity index (χ2n) is 1.69. The molecule has 0 aliphatic heterocycles. The average molecular weight is 228 g/mol. The first kappa shape index (κ1) is 8.52. The van der Waals surface area contributed by atoms with Gasteiger partial charge in [0.05, 0.1) is 10.5 Å². The minimum Gasteiger partial charge on any atom is -0.203 e. The standard InChI is InChI=1S/C6BrF4/c7-4-5(10)2(8)1-3(9)6(4)11. The normalized spacial score (nSPS) is 10.3. The number of benzene rings is 1. The zero-order valence-electron chi connectivity index (χ0n) is 4.89. The van der Waals surface area contributed by atoms with Gasteiger partial charge in [-0.1, -0.05) is 0 Å². The van der Waals surface area contributed by atoms with Crippen LogP contribution in [0, 0.1) is 29.3 Å². The lowest BCUT2D eigenvalue weighted by Gasteiger charge is -1.97. The van der Waals surface area contributed by atoms with E-state index < -0.39 is 27.7 Å². The predicted octanol–water partition coefficient (Wildman–Crippen LogP) is 2.81. The molecular formula is C6BrF4. The zero-order chi connectivity index (χ0) is 8.59. The maximum absolute atomic E-state index is 12.3. The van der Waals surface area contributed by atoms with Gasteiger partial charge in [0.1, 0.15) is 0 Å². The first-order valence-corrected chi connectivity index (χ1v) is 3.24. The van der Waals surface area contributed by atoms with Gasteiger partial charge < -0.3 is 0 Å². The molecule has 11 heavy (non-hydrogen) atoms. The summed E-state index contributed by atoms with van der Waals surface area (Å²) in [5.74, 6) is -6.06. The maximum atomic E-state index is 12.3. The molecule has 0 N–H and O–H groups in total. The van der Waals surface area contributed by atoms with Crippen LogP contribution in [0.1, 0.15) is 0 Å². The highest BCUT2D eigenvalue weighted by Crippen LogP contribution is 2.23. The molecule has 0 amide bonds. The van der Waals surface area contributed by atoms with E-state index in [-0.39, 0.29) is 0 Å². The molecule has 0 bridgehead atoms. The monoisotopic (exact) mass is 227 g/mol. The fourth-order valence-corrected chi connectivity index (χ4v) is 0.843. The molecule has 0 aliphatic rings. The van der Waals surface area contributed by atoms with Crippen LogP contribution in [0.25, 0.3) is 0 Å². The summed E-state index contributed by atoms with van der Waals surface area (Å²) in [5, 5.41) is 0. The highest BCUT2D eigenvalue weighted by atomic mass is 79.9. The third-order valence-electron chi connectivity index (χ3n) is 0.990. The molecule has 5 heteroatoms. The molecule has 0 atom stereocenters. The van der Waals surface area contributed by atoms with Crippen molar-refractivity contribution in [3.8, 4) is 0 Å². The summed E-state index contributed by atoms with van der Waals surface area (Å²) < 4.78 is 48.1. The molecule has 59 valence electrons. The maximum Gasteiger partial charge on any atom is 0.176 e. The molecule has 1 aromatic rings. The van der Waals surface area contributed by atoms with Crippen molar-refractivity contribution in [3.63, 3.8) is 0 Å². The van der Waals surface area contributed by atoms with Gasteiger partial charge in [0, 0.05) is 0 Å². The first-order valence-electron chi connectivity index (χ1n) is 2.44. The van der Waals surface area contributed by atoms with Crippen molar-refractivity contribution >= 4 is 15.9 Å². The highest BCUT2D eigenvalue weighted by molar-refractivity contribution is 9.10. The van der Waals surface area contributed by atoms with E-state index in [9.17, 15) is 17.6 Å². The minimum absolute atomic E-state index is 0.855. The molecule has 1 aromatic carbocycles. The average Bonchev–Trinajstić information content (AvgIpc) is 1.97. The van der Waals surface area contributed by atoms with E-state index in [2.05, 4.69) is 15.9 Å². The van der Waals surface area contributed by atoms with Crippen LogP contribution >= 0.6 is 15.9 Å². The lowest BCUT2D eigenvalue weighted by molar-refractivity contribution is 0.444. The van der Waals surface area contributed by atoms with Gasteiger partial charge in [0.25, 0.3) is 0 Å². The van der Waals surface area contributed by atoms with E-state index in [0.29, 0.717) is 0 Å². The molecule has 0 heterocycles. The topological polar surface area (TPSA) is 0 Å². The molecule has 0 aliphatic carbocycles. The van der Waals surface area contributed by atoms with Crippen LogP contribution in [-0.2, 0) is 0 Å². The summed E-state index contributed by atoms with van der Waals surface area (Å²) in [6.45, 7) is 0.